The molecule has 1 rings (SSSR count). The molecule has 3 N–H and O–H groups in total. The summed E-state index contributed by atoms with van der Waals surface area (Å²) in [5.41, 5.74) is 6.56. The molecule has 0 fully saturated rings. The normalized spacial score (nSPS) is 10.8. The summed E-state index contributed by atoms with van der Waals surface area (Å²) in [6.45, 7) is 5.00. The Kier molecular flexibility index (Phi) is 6.55. The maximum atomic E-state index is 5.42. The van der Waals surface area contributed by atoms with Crippen LogP contribution in [0.3, 0.4) is 0 Å². The molecule has 3 nitrogen and oxygen atoms in total. The van der Waals surface area contributed by atoms with Crippen LogP contribution in [0.2, 0.25) is 0 Å². The predicted molar refractivity (Wildman–Crippen MR) is 66.3 cm³/mol. The van der Waals surface area contributed by atoms with Crippen LogP contribution in [0.1, 0.15) is 30.0 Å². The first-order valence-electron chi connectivity index (χ1n) is 5.64. The number of hydrogen-bond donors (Lipinski definition) is 2. The lowest BCUT2D eigenvalue weighted by Crippen LogP contribution is -2.18. The van der Waals surface area contributed by atoms with Gasteiger partial charge in [0.1, 0.15) is 0 Å². The molecule has 0 unspecified atom stereocenters. The highest BCUT2D eigenvalue weighted by molar-refractivity contribution is 7.09. The fourth-order valence-electron chi connectivity index (χ4n) is 1.41. The molecule has 1 heterocycles. The Morgan fingerprint density at radius 3 is 2.87 bits per heavy atom. The highest BCUT2D eigenvalue weighted by atomic mass is 32.1. The maximum absolute atomic E-state index is 5.42. The van der Waals surface area contributed by atoms with E-state index < -0.39 is 0 Å². The summed E-state index contributed by atoms with van der Waals surface area (Å²) in [6.07, 6.45) is 4.66. The molecule has 0 aromatic carbocycles. The Bertz CT molecular complexity index is 260. The summed E-state index contributed by atoms with van der Waals surface area (Å²) in [5.74, 6) is 0. The van der Waals surface area contributed by atoms with E-state index in [0.717, 1.165) is 38.2 Å². The molecule has 0 spiro atoms. The summed E-state index contributed by atoms with van der Waals surface area (Å²) in [5, 5.41) is 6.77. The van der Waals surface area contributed by atoms with Crippen LogP contribution in [0.25, 0.3) is 0 Å². The Hall–Kier alpha value is -0.450. The number of thiazole rings is 1. The third kappa shape index (κ3) is 5.87. The quantitative estimate of drug-likeness (QED) is 0.665. The second-order valence-corrected chi connectivity index (χ2v) is 4.67. The first kappa shape index (κ1) is 12.6. The minimum absolute atomic E-state index is 0.818. The summed E-state index contributed by atoms with van der Waals surface area (Å²) in [7, 11) is 0. The second kappa shape index (κ2) is 7.79. The highest BCUT2D eigenvalue weighted by Crippen LogP contribution is 2.08. The van der Waals surface area contributed by atoms with Gasteiger partial charge in [0.25, 0.3) is 0 Å². The monoisotopic (exact) mass is 227 g/mol. The van der Waals surface area contributed by atoms with Crippen LogP contribution in [-0.2, 0) is 6.42 Å². The van der Waals surface area contributed by atoms with E-state index in [4.69, 9.17) is 5.73 Å². The van der Waals surface area contributed by atoms with Crippen molar-refractivity contribution in [1.82, 2.24) is 10.3 Å². The van der Waals surface area contributed by atoms with Crippen molar-refractivity contribution >= 4 is 11.3 Å². The van der Waals surface area contributed by atoms with Crippen molar-refractivity contribution in [3.8, 4) is 0 Å². The van der Waals surface area contributed by atoms with Crippen LogP contribution in [0.15, 0.2) is 5.38 Å². The Labute approximate surface area is 96.1 Å². The SMILES string of the molecule is Cc1csc(CCNCCCCCN)n1. The fraction of sp³-hybridized carbons (Fsp3) is 0.727. The van der Waals surface area contributed by atoms with Crippen LogP contribution in [0, 0.1) is 6.92 Å². The van der Waals surface area contributed by atoms with E-state index in [9.17, 15) is 0 Å². The molecule has 0 aliphatic rings. The summed E-state index contributed by atoms with van der Waals surface area (Å²) in [6, 6.07) is 0. The van der Waals surface area contributed by atoms with Crippen molar-refractivity contribution in [1.29, 1.82) is 0 Å². The molecule has 0 atom stereocenters. The minimum Gasteiger partial charge on any atom is -0.330 e. The maximum Gasteiger partial charge on any atom is 0.0940 e. The summed E-state index contributed by atoms with van der Waals surface area (Å²) >= 11 is 1.75. The number of nitrogens with one attached hydrogen (secondary N) is 1. The third-order valence-corrected chi connectivity index (χ3v) is 3.27. The van der Waals surface area contributed by atoms with Crippen molar-refractivity contribution in [3.05, 3.63) is 16.1 Å². The number of aryl methyl sites for hydroxylation is 1. The van der Waals surface area contributed by atoms with E-state index in [2.05, 4.69) is 15.7 Å². The van der Waals surface area contributed by atoms with Crippen molar-refractivity contribution in [2.45, 2.75) is 32.6 Å². The molecule has 0 saturated heterocycles. The molecule has 0 bridgehead atoms. The number of aromatic nitrogens is 1. The van der Waals surface area contributed by atoms with Gasteiger partial charge in [-0.05, 0) is 32.9 Å². The van der Waals surface area contributed by atoms with Crippen molar-refractivity contribution < 1.29 is 0 Å². The van der Waals surface area contributed by atoms with Gasteiger partial charge in [0.05, 0.1) is 5.01 Å². The summed E-state index contributed by atoms with van der Waals surface area (Å²) < 4.78 is 0. The zero-order valence-corrected chi connectivity index (χ0v) is 10.3. The van der Waals surface area contributed by atoms with E-state index >= 15 is 0 Å². The molecule has 0 saturated carbocycles. The molecule has 15 heavy (non-hydrogen) atoms. The topological polar surface area (TPSA) is 50.9 Å². The van der Waals surface area contributed by atoms with E-state index in [0.29, 0.717) is 0 Å². The van der Waals surface area contributed by atoms with Crippen molar-refractivity contribution in [2.75, 3.05) is 19.6 Å². The first-order chi connectivity index (χ1) is 7.33. The van der Waals surface area contributed by atoms with Gasteiger partial charge in [-0.25, -0.2) is 4.98 Å². The zero-order chi connectivity index (χ0) is 10.9. The van der Waals surface area contributed by atoms with Gasteiger partial charge < -0.3 is 11.1 Å². The van der Waals surface area contributed by atoms with Gasteiger partial charge in [-0.3, -0.25) is 0 Å². The molecule has 1 aromatic rings. The standard InChI is InChI=1S/C11H21N3S/c1-10-9-15-11(14-10)5-8-13-7-4-2-3-6-12/h9,13H,2-8,12H2,1H3. The average Bonchev–Trinajstić information content (AvgIpc) is 2.63. The van der Waals surface area contributed by atoms with E-state index in [-0.39, 0.29) is 0 Å². The van der Waals surface area contributed by atoms with Crippen LogP contribution in [-0.4, -0.2) is 24.6 Å². The largest absolute Gasteiger partial charge is 0.330 e. The van der Waals surface area contributed by atoms with Gasteiger partial charge in [0.2, 0.25) is 0 Å². The smallest absolute Gasteiger partial charge is 0.0940 e. The molecule has 0 radical (unpaired) electrons. The lowest BCUT2D eigenvalue weighted by Gasteiger charge is -2.02. The van der Waals surface area contributed by atoms with Crippen LogP contribution >= 0.6 is 11.3 Å². The Morgan fingerprint density at radius 1 is 1.33 bits per heavy atom. The van der Waals surface area contributed by atoms with Gasteiger partial charge in [0.15, 0.2) is 0 Å². The third-order valence-electron chi connectivity index (χ3n) is 2.24. The number of nitrogens with zero attached hydrogens (tertiary/aromatic N) is 1. The van der Waals surface area contributed by atoms with Crippen LogP contribution < -0.4 is 11.1 Å². The molecule has 0 aliphatic carbocycles. The van der Waals surface area contributed by atoms with E-state index in [1.54, 1.807) is 11.3 Å². The van der Waals surface area contributed by atoms with Gasteiger partial charge in [-0.1, -0.05) is 6.42 Å². The average molecular weight is 227 g/mol. The van der Waals surface area contributed by atoms with Crippen LogP contribution in [0.5, 0.6) is 0 Å². The Morgan fingerprint density at radius 2 is 2.20 bits per heavy atom. The number of nitrogens with two attached hydrogens (primary N) is 1. The van der Waals surface area contributed by atoms with Crippen LogP contribution in [0.4, 0.5) is 0 Å². The van der Waals surface area contributed by atoms with Gasteiger partial charge >= 0.3 is 0 Å². The second-order valence-electron chi connectivity index (χ2n) is 3.73. The molecular weight excluding hydrogens is 206 g/mol. The van der Waals surface area contributed by atoms with E-state index in [1.807, 2.05) is 6.92 Å². The van der Waals surface area contributed by atoms with Gasteiger partial charge in [-0.2, -0.15) is 0 Å². The minimum atomic E-state index is 0.818. The number of hydrogen-bond acceptors (Lipinski definition) is 4. The number of rotatable bonds is 8. The molecule has 0 aliphatic heterocycles. The van der Waals surface area contributed by atoms with Gasteiger partial charge in [-0.15, -0.1) is 11.3 Å². The van der Waals surface area contributed by atoms with Crippen molar-refractivity contribution in [2.24, 2.45) is 5.73 Å². The fourth-order valence-corrected chi connectivity index (χ4v) is 2.18. The van der Waals surface area contributed by atoms with E-state index in [1.165, 1.54) is 17.8 Å². The lowest BCUT2D eigenvalue weighted by molar-refractivity contribution is 0.606. The predicted octanol–water partition coefficient (Wildman–Crippen LogP) is 1.71. The van der Waals surface area contributed by atoms with Gasteiger partial charge in [0, 0.05) is 24.0 Å². The molecule has 1 aromatic heterocycles. The lowest BCUT2D eigenvalue weighted by atomic mass is 10.2. The molecular formula is C11H21N3S. The zero-order valence-electron chi connectivity index (χ0n) is 9.46. The summed E-state index contributed by atoms with van der Waals surface area (Å²) in [4.78, 5) is 4.42. The highest BCUT2D eigenvalue weighted by Gasteiger charge is 1.97. The first-order valence-corrected chi connectivity index (χ1v) is 6.52. The van der Waals surface area contributed by atoms with Crippen molar-refractivity contribution in [3.63, 3.8) is 0 Å². The Balaban J connectivity index is 1.93. The molecule has 86 valence electrons. The molecule has 0 amide bonds. The molecule has 4 heteroatoms. The number of unbranched alkanes of at least 4 members (excludes halogenated alkanes) is 2.